The number of rotatable bonds is 6. The Balaban J connectivity index is 1.68. The molecule has 0 aliphatic rings. The standard InChI is InChI=1S/C16H15N3O3S3/c1-17-15(20)11-4-6-13(7-5-11)25(21,22)18-9-12-10-24-16(19-12)14-3-2-8-23-14/h2-8,10,18H,9H2,1H3,(H,17,20). The first-order chi connectivity index (χ1) is 12.0. The maximum Gasteiger partial charge on any atom is 0.251 e. The minimum atomic E-state index is -3.67. The molecule has 0 spiro atoms. The summed E-state index contributed by atoms with van der Waals surface area (Å²) in [5.74, 6) is -0.263. The van der Waals surface area contributed by atoms with Crippen molar-refractivity contribution in [2.45, 2.75) is 11.4 Å². The molecule has 0 saturated carbocycles. The molecule has 0 fully saturated rings. The van der Waals surface area contributed by atoms with Gasteiger partial charge in [0.1, 0.15) is 5.01 Å². The first-order valence-corrected chi connectivity index (χ1v) is 10.5. The van der Waals surface area contributed by atoms with Crippen LogP contribution >= 0.6 is 22.7 Å². The number of carbonyl (C=O) groups excluding carboxylic acids is 1. The Morgan fingerprint density at radius 3 is 2.56 bits per heavy atom. The summed E-state index contributed by atoms with van der Waals surface area (Å²) >= 11 is 3.07. The third kappa shape index (κ3) is 4.13. The molecule has 3 aromatic rings. The first kappa shape index (κ1) is 17.7. The molecule has 0 unspecified atom stereocenters. The predicted octanol–water partition coefficient (Wildman–Crippen LogP) is 2.71. The lowest BCUT2D eigenvalue weighted by atomic mass is 10.2. The third-order valence-corrected chi connectivity index (χ3v) is 6.73. The second-order valence-corrected chi connectivity index (χ2v) is 8.62. The highest BCUT2D eigenvalue weighted by Gasteiger charge is 2.15. The molecule has 130 valence electrons. The number of carbonyl (C=O) groups is 1. The van der Waals surface area contributed by atoms with E-state index in [0.29, 0.717) is 11.3 Å². The average Bonchev–Trinajstić information content (AvgIpc) is 3.30. The summed E-state index contributed by atoms with van der Waals surface area (Å²) < 4.78 is 27.2. The molecule has 6 nitrogen and oxygen atoms in total. The second kappa shape index (κ2) is 7.44. The van der Waals surface area contributed by atoms with Gasteiger partial charge in [-0.1, -0.05) is 6.07 Å². The average molecular weight is 394 g/mol. The summed E-state index contributed by atoms with van der Waals surface area (Å²) in [4.78, 5) is 17.1. The monoisotopic (exact) mass is 393 g/mol. The van der Waals surface area contributed by atoms with Gasteiger partial charge in [-0.05, 0) is 35.7 Å². The van der Waals surface area contributed by atoms with Crippen LogP contribution in [0, 0.1) is 0 Å². The normalized spacial score (nSPS) is 11.4. The smallest absolute Gasteiger partial charge is 0.251 e. The van der Waals surface area contributed by atoms with Crippen LogP contribution in [0.3, 0.4) is 0 Å². The summed E-state index contributed by atoms with van der Waals surface area (Å²) in [5, 5.41) is 7.18. The quantitative estimate of drug-likeness (QED) is 0.674. The fourth-order valence-electron chi connectivity index (χ4n) is 2.08. The molecule has 0 aliphatic carbocycles. The summed E-state index contributed by atoms with van der Waals surface area (Å²) in [6, 6.07) is 9.70. The lowest BCUT2D eigenvalue weighted by Crippen LogP contribution is -2.23. The highest BCUT2D eigenvalue weighted by molar-refractivity contribution is 7.89. The van der Waals surface area contributed by atoms with Crippen molar-refractivity contribution < 1.29 is 13.2 Å². The van der Waals surface area contributed by atoms with Crippen molar-refractivity contribution in [2.24, 2.45) is 0 Å². The van der Waals surface area contributed by atoms with E-state index in [0.717, 1.165) is 9.88 Å². The van der Waals surface area contributed by atoms with Crippen LogP contribution in [0.15, 0.2) is 52.1 Å². The number of thiazole rings is 1. The van der Waals surface area contributed by atoms with E-state index in [-0.39, 0.29) is 17.3 Å². The lowest BCUT2D eigenvalue weighted by molar-refractivity contribution is 0.0963. The van der Waals surface area contributed by atoms with E-state index in [1.165, 1.54) is 42.6 Å². The van der Waals surface area contributed by atoms with Crippen LogP contribution in [0.5, 0.6) is 0 Å². The highest BCUT2D eigenvalue weighted by atomic mass is 32.2. The SMILES string of the molecule is CNC(=O)c1ccc(S(=O)(=O)NCc2csc(-c3cccs3)n2)cc1. The van der Waals surface area contributed by atoms with Crippen LogP contribution in [-0.2, 0) is 16.6 Å². The minimum Gasteiger partial charge on any atom is -0.355 e. The van der Waals surface area contributed by atoms with Gasteiger partial charge in [-0.3, -0.25) is 4.79 Å². The molecule has 1 aromatic carbocycles. The van der Waals surface area contributed by atoms with Crippen LogP contribution in [0.4, 0.5) is 0 Å². The van der Waals surface area contributed by atoms with Crippen LogP contribution in [-0.4, -0.2) is 26.4 Å². The van der Waals surface area contributed by atoms with E-state index in [4.69, 9.17) is 0 Å². The third-order valence-electron chi connectivity index (χ3n) is 3.38. The van der Waals surface area contributed by atoms with Gasteiger partial charge in [0, 0.05) is 18.0 Å². The molecule has 2 N–H and O–H groups in total. The number of nitrogens with zero attached hydrogens (tertiary/aromatic N) is 1. The van der Waals surface area contributed by atoms with E-state index < -0.39 is 10.0 Å². The largest absolute Gasteiger partial charge is 0.355 e. The number of benzene rings is 1. The van der Waals surface area contributed by atoms with Crippen molar-refractivity contribution in [3.63, 3.8) is 0 Å². The number of aromatic nitrogens is 1. The van der Waals surface area contributed by atoms with E-state index in [1.54, 1.807) is 11.3 Å². The minimum absolute atomic E-state index is 0.105. The molecule has 3 rings (SSSR count). The van der Waals surface area contributed by atoms with Gasteiger partial charge in [0.15, 0.2) is 0 Å². The van der Waals surface area contributed by atoms with Gasteiger partial charge in [0.05, 0.1) is 22.0 Å². The number of hydrogen-bond donors (Lipinski definition) is 2. The maximum atomic E-state index is 12.4. The zero-order valence-corrected chi connectivity index (χ0v) is 15.7. The molecular formula is C16H15N3O3S3. The van der Waals surface area contributed by atoms with Crippen molar-refractivity contribution >= 4 is 38.6 Å². The Morgan fingerprint density at radius 1 is 1.16 bits per heavy atom. The van der Waals surface area contributed by atoms with Crippen molar-refractivity contribution in [1.29, 1.82) is 0 Å². The van der Waals surface area contributed by atoms with Crippen LogP contribution < -0.4 is 10.0 Å². The summed E-state index contributed by atoms with van der Waals surface area (Å²) in [5.41, 5.74) is 1.07. The molecule has 0 radical (unpaired) electrons. The Morgan fingerprint density at radius 2 is 1.92 bits per heavy atom. The van der Waals surface area contributed by atoms with E-state index >= 15 is 0 Å². The molecule has 25 heavy (non-hydrogen) atoms. The second-order valence-electron chi connectivity index (χ2n) is 5.05. The number of sulfonamides is 1. The number of nitrogens with one attached hydrogen (secondary N) is 2. The van der Waals surface area contributed by atoms with Crippen molar-refractivity contribution in [1.82, 2.24) is 15.0 Å². The maximum absolute atomic E-state index is 12.4. The van der Waals surface area contributed by atoms with Crippen LogP contribution in [0.25, 0.3) is 9.88 Å². The van der Waals surface area contributed by atoms with Crippen LogP contribution in [0.1, 0.15) is 16.1 Å². The fourth-order valence-corrected chi connectivity index (χ4v) is 4.72. The molecule has 0 saturated heterocycles. The number of hydrogen-bond acceptors (Lipinski definition) is 6. The number of thiophene rings is 1. The fraction of sp³-hybridized carbons (Fsp3) is 0.125. The van der Waals surface area contributed by atoms with Gasteiger partial charge < -0.3 is 5.32 Å². The van der Waals surface area contributed by atoms with E-state index in [2.05, 4.69) is 15.0 Å². The molecule has 0 atom stereocenters. The summed E-state index contributed by atoms with van der Waals surface area (Å²) in [6.07, 6.45) is 0. The Hall–Kier alpha value is -2.07. The molecule has 0 bridgehead atoms. The van der Waals surface area contributed by atoms with Gasteiger partial charge in [-0.15, -0.1) is 22.7 Å². The summed E-state index contributed by atoms with van der Waals surface area (Å²) in [7, 11) is -2.15. The van der Waals surface area contributed by atoms with Gasteiger partial charge in [-0.2, -0.15) is 0 Å². The highest BCUT2D eigenvalue weighted by Crippen LogP contribution is 2.27. The zero-order chi connectivity index (χ0) is 17.9. The van der Waals surface area contributed by atoms with Gasteiger partial charge in [0.2, 0.25) is 10.0 Å². The van der Waals surface area contributed by atoms with Gasteiger partial charge >= 0.3 is 0 Å². The molecule has 1 amide bonds. The van der Waals surface area contributed by atoms with Crippen molar-refractivity contribution in [3.05, 3.63) is 58.4 Å². The van der Waals surface area contributed by atoms with E-state index in [9.17, 15) is 13.2 Å². The molecule has 2 aromatic heterocycles. The zero-order valence-electron chi connectivity index (χ0n) is 13.2. The van der Waals surface area contributed by atoms with Crippen LogP contribution in [0.2, 0.25) is 0 Å². The Labute approximate surface area is 153 Å². The summed E-state index contributed by atoms with van der Waals surface area (Å²) in [6.45, 7) is 0.113. The van der Waals surface area contributed by atoms with Crippen molar-refractivity contribution in [2.75, 3.05) is 7.05 Å². The Bertz CT molecular complexity index is 962. The molecule has 9 heteroatoms. The number of amides is 1. The first-order valence-electron chi connectivity index (χ1n) is 7.30. The molecule has 0 aliphatic heterocycles. The molecular weight excluding hydrogens is 378 g/mol. The Kier molecular flexibility index (Phi) is 5.28. The van der Waals surface area contributed by atoms with E-state index in [1.807, 2.05) is 22.9 Å². The topological polar surface area (TPSA) is 88.2 Å². The van der Waals surface area contributed by atoms with Gasteiger partial charge in [0.25, 0.3) is 5.91 Å². The predicted molar refractivity (Wildman–Crippen MR) is 99.3 cm³/mol. The molecule has 2 heterocycles. The lowest BCUT2D eigenvalue weighted by Gasteiger charge is -2.06. The van der Waals surface area contributed by atoms with Gasteiger partial charge in [-0.25, -0.2) is 18.1 Å². The van der Waals surface area contributed by atoms with Crippen molar-refractivity contribution in [3.8, 4) is 9.88 Å².